The van der Waals surface area contributed by atoms with E-state index in [1.54, 1.807) is 0 Å². The lowest BCUT2D eigenvalue weighted by molar-refractivity contribution is -0.294. The van der Waals surface area contributed by atoms with Gasteiger partial charge in [-0.1, -0.05) is 0 Å². The van der Waals surface area contributed by atoms with Crippen LogP contribution in [0.25, 0.3) is 0 Å². The molecule has 1 aliphatic rings. The number of primary amides is 1. The highest BCUT2D eigenvalue weighted by Crippen LogP contribution is 2.41. The maximum atomic E-state index is 12.3. The van der Waals surface area contributed by atoms with Crippen LogP contribution in [0.1, 0.15) is 0 Å². The van der Waals surface area contributed by atoms with Crippen molar-refractivity contribution in [2.45, 2.75) is 54.4 Å². The molecule has 24 nitrogen and oxygen atoms in total. The van der Waals surface area contributed by atoms with Crippen LogP contribution in [0.3, 0.4) is 0 Å². The summed E-state index contributed by atoms with van der Waals surface area (Å²) >= 11 is 0. The SMILES string of the molecule is NC(=O)[C@H](OS(=O)(=O)O)[C@](OS(=O)(=O)O)([C@@H]1O[C@H](CO)[C@H](O)[C@H](O)[C@H]1O)[C@H](OS(=O)(=O)O)[C@H](O)COS(=O)(=O)O. The molecule has 238 valence electrons. The van der Waals surface area contributed by atoms with Gasteiger partial charge in [-0.05, 0) is 0 Å². The highest BCUT2D eigenvalue weighted by atomic mass is 32.3. The standard InChI is InChI=1S/C12H23NO23S4/c13-11(19)10(35-39(26,27)28)12(36-40(29,30)31,9-7(18)6(17)5(16)4(1-14)33-9)8(34-38(23,24)25)3(15)2-32-37(20,21)22/h3-10,14-18H,1-2H2,(H2,13,19)(H,20,21,22)(H,23,24,25)(H,26,27,28)(H,29,30,31)/t3-,4-,5+,6+,7-,8-,9-,10+,12-/m1/s1. The molecule has 1 heterocycles. The zero-order chi connectivity index (χ0) is 31.6. The van der Waals surface area contributed by atoms with Crippen LogP contribution in [0.4, 0.5) is 0 Å². The monoisotopic (exact) mass is 677 g/mol. The van der Waals surface area contributed by atoms with E-state index in [2.05, 4.69) is 16.7 Å². The van der Waals surface area contributed by atoms with Gasteiger partial charge in [0.1, 0.15) is 42.7 Å². The summed E-state index contributed by atoms with van der Waals surface area (Å²) < 4.78 is 149. The van der Waals surface area contributed by atoms with E-state index < -0.39 is 115 Å². The molecule has 0 aromatic rings. The minimum Gasteiger partial charge on any atom is -0.394 e. The fourth-order valence-electron chi connectivity index (χ4n) is 3.54. The Balaban J connectivity index is 4.32. The van der Waals surface area contributed by atoms with Gasteiger partial charge < -0.3 is 36.0 Å². The van der Waals surface area contributed by atoms with E-state index in [1.165, 1.54) is 0 Å². The normalized spacial score (nSPS) is 28.8. The van der Waals surface area contributed by atoms with Crippen molar-refractivity contribution in [3.8, 4) is 0 Å². The third-order valence-electron chi connectivity index (χ3n) is 4.88. The highest BCUT2D eigenvalue weighted by molar-refractivity contribution is 7.81. The maximum absolute atomic E-state index is 12.3. The van der Waals surface area contributed by atoms with E-state index in [1.807, 2.05) is 0 Å². The minimum atomic E-state index is -6.36. The van der Waals surface area contributed by atoms with Gasteiger partial charge in [0.25, 0.3) is 5.91 Å². The fraction of sp³-hybridized carbons (Fsp3) is 0.917. The molecule has 1 fully saturated rings. The molecule has 0 saturated carbocycles. The summed E-state index contributed by atoms with van der Waals surface area (Å²) in [6, 6.07) is 0. The predicted molar refractivity (Wildman–Crippen MR) is 115 cm³/mol. The summed E-state index contributed by atoms with van der Waals surface area (Å²) in [6.45, 7) is -3.40. The quantitative estimate of drug-likeness (QED) is 0.0719. The summed E-state index contributed by atoms with van der Waals surface area (Å²) in [5, 5.41) is 50.7. The molecule has 0 aliphatic carbocycles. The largest absolute Gasteiger partial charge is 0.398 e. The number of nitrogens with two attached hydrogens (primary N) is 1. The van der Waals surface area contributed by atoms with E-state index >= 15 is 0 Å². The lowest BCUT2D eigenvalue weighted by atomic mass is 9.76. The van der Waals surface area contributed by atoms with Crippen LogP contribution < -0.4 is 5.73 Å². The van der Waals surface area contributed by atoms with Gasteiger partial charge in [-0.15, -0.1) is 0 Å². The van der Waals surface area contributed by atoms with Crippen LogP contribution in [0, 0.1) is 0 Å². The van der Waals surface area contributed by atoms with Crippen LogP contribution >= 0.6 is 0 Å². The number of aliphatic hydroxyl groups excluding tert-OH is 5. The smallest absolute Gasteiger partial charge is 0.394 e. The first kappa shape index (κ1) is 36.7. The third-order valence-corrected chi connectivity index (χ3v) is 6.70. The first-order valence-corrected chi connectivity index (χ1v) is 15.1. The number of hydrogen-bond donors (Lipinski definition) is 10. The van der Waals surface area contributed by atoms with Crippen molar-refractivity contribution in [3.63, 3.8) is 0 Å². The number of rotatable bonds is 15. The van der Waals surface area contributed by atoms with E-state index in [4.69, 9.17) is 19.6 Å². The van der Waals surface area contributed by atoms with E-state index in [0.29, 0.717) is 0 Å². The minimum absolute atomic E-state index is 1.40. The molecule has 28 heteroatoms. The molecule has 0 unspecified atom stereocenters. The van der Waals surface area contributed by atoms with Crippen molar-refractivity contribution in [1.82, 2.24) is 0 Å². The van der Waals surface area contributed by atoms with Crippen LogP contribution in [0.5, 0.6) is 0 Å². The Bertz CT molecular complexity index is 1330. The molecule has 1 rings (SSSR count). The Morgan fingerprint density at radius 3 is 1.70 bits per heavy atom. The van der Waals surface area contributed by atoms with Gasteiger partial charge in [-0.3, -0.25) is 23.0 Å². The molecule has 1 saturated heterocycles. The second-order valence-electron chi connectivity index (χ2n) is 7.64. The summed E-state index contributed by atoms with van der Waals surface area (Å²) in [4.78, 5) is 12.3. The first-order valence-electron chi connectivity index (χ1n) is 9.65. The van der Waals surface area contributed by atoms with Gasteiger partial charge in [-0.2, -0.15) is 33.7 Å². The highest BCUT2D eigenvalue weighted by Gasteiger charge is 2.68. The zero-order valence-corrected chi connectivity index (χ0v) is 22.2. The topological polar surface area (TPSA) is 408 Å². The third kappa shape index (κ3) is 9.92. The van der Waals surface area contributed by atoms with Gasteiger partial charge in [-0.25, -0.2) is 16.7 Å². The van der Waals surface area contributed by atoms with Crippen molar-refractivity contribution in [1.29, 1.82) is 0 Å². The Morgan fingerprint density at radius 2 is 1.32 bits per heavy atom. The Hall–Kier alpha value is -1.29. The van der Waals surface area contributed by atoms with Crippen molar-refractivity contribution in [2.75, 3.05) is 13.2 Å². The Labute approximate surface area is 224 Å². The number of aliphatic hydroxyl groups is 5. The molecule has 1 aliphatic heterocycles. The molecule has 0 radical (unpaired) electrons. The van der Waals surface area contributed by atoms with E-state index in [-0.39, 0.29) is 0 Å². The van der Waals surface area contributed by atoms with Gasteiger partial charge in [0.2, 0.25) is 0 Å². The van der Waals surface area contributed by atoms with Crippen molar-refractivity contribution < 1.29 is 104 Å². The molecule has 0 aromatic carbocycles. The molecular formula is C12H23NO23S4. The van der Waals surface area contributed by atoms with Crippen LogP contribution in [-0.2, 0) is 67.9 Å². The fourth-order valence-corrected chi connectivity index (χ4v) is 5.52. The van der Waals surface area contributed by atoms with Crippen molar-refractivity contribution >= 4 is 47.5 Å². The molecular weight excluding hydrogens is 654 g/mol. The van der Waals surface area contributed by atoms with Gasteiger partial charge in [0, 0.05) is 0 Å². The van der Waals surface area contributed by atoms with E-state index in [9.17, 15) is 73.1 Å². The molecule has 0 aromatic heterocycles. The number of carbonyl (C=O) groups is 1. The molecule has 40 heavy (non-hydrogen) atoms. The molecule has 0 bridgehead atoms. The van der Waals surface area contributed by atoms with Crippen LogP contribution in [0.15, 0.2) is 0 Å². The second-order valence-corrected chi connectivity index (χ2v) is 11.9. The van der Waals surface area contributed by atoms with Gasteiger partial charge in [0.15, 0.2) is 11.7 Å². The maximum Gasteiger partial charge on any atom is 0.398 e. The van der Waals surface area contributed by atoms with Crippen molar-refractivity contribution in [3.05, 3.63) is 0 Å². The molecule has 1 amide bonds. The summed E-state index contributed by atoms with van der Waals surface area (Å²) in [5.41, 5.74) is 0.507. The zero-order valence-electron chi connectivity index (χ0n) is 19.0. The summed E-state index contributed by atoms with van der Waals surface area (Å²) in [7, 11) is -24.2. The Morgan fingerprint density at radius 1 is 0.825 bits per heavy atom. The van der Waals surface area contributed by atoms with Gasteiger partial charge in [0.05, 0.1) is 13.2 Å². The molecule has 9 atom stereocenters. The number of amides is 1. The average Bonchev–Trinajstić information content (AvgIpc) is 2.74. The Kier molecular flexibility index (Phi) is 11.9. The first-order chi connectivity index (χ1) is 17.8. The number of carbonyl (C=O) groups excluding carboxylic acids is 1. The number of ether oxygens (including phenoxy) is 1. The summed E-state index contributed by atoms with van der Waals surface area (Å²) in [6.07, 6.45) is -24.1. The van der Waals surface area contributed by atoms with Crippen LogP contribution in [0.2, 0.25) is 0 Å². The lowest BCUT2D eigenvalue weighted by Gasteiger charge is -2.51. The van der Waals surface area contributed by atoms with Crippen LogP contribution in [-0.4, -0.2) is 151 Å². The summed E-state index contributed by atoms with van der Waals surface area (Å²) in [5.74, 6) is -2.38. The average molecular weight is 678 g/mol. The molecule has 0 spiro atoms. The van der Waals surface area contributed by atoms with E-state index in [0.717, 1.165) is 0 Å². The van der Waals surface area contributed by atoms with Gasteiger partial charge >= 0.3 is 41.6 Å². The lowest BCUT2D eigenvalue weighted by Crippen LogP contribution is -2.76. The second kappa shape index (κ2) is 12.9. The molecule has 11 N–H and O–H groups in total. The van der Waals surface area contributed by atoms with Crippen molar-refractivity contribution in [2.24, 2.45) is 5.73 Å². The predicted octanol–water partition coefficient (Wildman–Crippen LogP) is -7.57. The number of hydrogen-bond acceptors (Lipinski definition) is 19.